The Kier molecular flexibility index (Phi) is 6.08. The topological polar surface area (TPSA) is 59.1 Å². The van der Waals surface area contributed by atoms with Crippen molar-refractivity contribution >= 4 is 51.5 Å². The molecule has 0 saturated heterocycles. The third-order valence-corrected chi connectivity index (χ3v) is 16.7. The minimum absolute atomic E-state index is 0.0139. The molecule has 1 N–H and O–H groups in total. The van der Waals surface area contributed by atoms with Gasteiger partial charge in [0.05, 0.1) is 6.20 Å². The number of imidazole rings is 2. The van der Waals surface area contributed by atoms with Gasteiger partial charge in [-0.15, -0.1) is 9.97 Å². The van der Waals surface area contributed by atoms with E-state index in [1.807, 2.05) is 91.1 Å². The molecule has 13 rings (SSSR count). The zero-order chi connectivity index (χ0) is 50.2. The highest BCUT2D eigenvalue weighted by Gasteiger charge is 2.43. The lowest BCUT2D eigenvalue weighted by atomic mass is 9.76. The van der Waals surface area contributed by atoms with E-state index in [1.54, 1.807) is 54.6 Å². The zero-order valence-corrected chi connectivity index (χ0v) is 35.2. The number of rotatable bonds is 4. The Hall–Kier alpha value is -7.87. The standard InChI is InChI=1S/C57H41N5OSi/c1-57(2)45-24-11-16-30-51(45)63-54-46(57)25-17-31-52(54)64(3,36-18-5-4-6-19-36)37-32-33-41-38-20-9-10-23-42(38)53-44(40-22-8-7-21-39(40)43(41)34-37)35-58-55(60-53)62-50-29-15-14-28-49(50)61-48-27-13-12-26-47(48)59-56(61)62/h4-35H,1-3H3/p+1/i1D3,2D3,3D3. The van der Waals surface area contributed by atoms with Gasteiger partial charge >= 0.3 is 11.7 Å². The first kappa shape index (κ1) is 28.7. The van der Waals surface area contributed by atoms with E-state index in [2.05, 4.69) is 50.3 Å². The van der Waals surface area contributed by atoms with E-state index in [1.165, 1.54) is 12.1 Å². The minimum Gasteiger partial charge on any atom is -0.457 e. The van der Waals surface area contributed by atoms with Crippen LogP contribution in [0.1, 0.15) is 37.2 Å². The Morgan fingerprint density at radius 1 is 0.594 bits per heavy atom. The number of benzene rings is 8. The van der Waals surface area contributed by atoms with Gasteiger partial charge in [0.2, 0.25) is 0 Å². The lowest BCUT2D eigenvalue weighted by Crippen LogP contribution is -2.65. The van der Waals surface area contributed by atoms with Crippen LogP contribution in [0.25, 0.3) is 78.4 Å². The van der Waals surface area contributed by atoms with Crippen LogP contribution in [0.5, 0.6) is 11.5 Å². The van der Waals surface area contributed by atoms with Crippen LogP contribution < -0.4 is 24.9 Å². The summed E-state index contributed by atoms with van der Waals surface area (Å²) in [6.07, 6.45) is 1.87. The molecule has 7 heteroatoms. The Morgan fingerprint density at radius 3 is 2.09 bits per heavy atom. The van der Waals surface area contributed by atoms with Crippen molar-refractivity contribution in [2.75, 3.05) is 0 Å². The van der Waals surface area contributed by atoms with Gasteiger partial charge in [-0.1, -0.05) is 178 Å². The summed E-state index contributed by atoms with van der Waals surface area (Å²) in [6.45, 7) is -9.02. The predicted molar refractivity (Wildman–Crippen MR) is 261 cm³/mol. The summed E-state index contributed by atoms with van der Waals surface area (Å²) in [4.78, 5) is 14.2. The summed E-state index contributed by atoms with van der Waals surface area (Å²) in [7, 11) is -4.50. The zero-order valence-electron chi connectivity index (χ0n) is 43.2. The number of aromatic amines is 1. The van der Waals surface area contributed by atoms with Crippen molar-refractivity contribution in [3.8, 4) is 62.1 Å². The van der Waals surface area contributed by atoms with E-state index in [0.717, 1.165) is 66.8 Å². The van der Waals surface area contributed by atoms with Gasteiger partial charge in [-0.25, -0.2) is 4.40 Å². The SMILES string of the molecule is [2H]C([2H])([2H])C1(C([2H])([2H])[2H])c2ccccc2Oc2c1cccc2[Si](c1ccccc1)(c1ccc2c(c1)-c1ccccc1-c1cnc(-[n+]3c4ccccc4n4c5ccccc5[nH]c43)nc1-c1ccccc1-2)C([2H])([2H])[2H]. The van der Waals surface area contributed by atoms with Crippen molar-refractivity contribution in [3.63, 3.8) is 0 Å². The summed E-state index contributed by atoms with van der Waals surface area (Å²) in [6, 6.07) is 58.3. The molecule has 0 fully saturated rings. The van der Waals surface area contributed by atoms with E-state index in [-0.39, 0.29) is 27.8 Å². The lowest BCUT2D eigenvalue weighted by Gasteiger charge is -2.39. The third kappa shape index (κ3) is 5.10. The maximum absolute atomic E-state index is 9.84. The van der Waals surface area contributed by atoms with Crippen LogP contribution in [0.3, 0.4) is 0 Å². The molecule has 0 amide bonds. The fraction of sp³-hybridized carbons (Fsp3) is 0.0702. The summed E-state index contributed by atoms with van der Waals surface area (Å²) < 4.78 is 94.7. The fourth-order valence-corrected chi connectivity index (χ4v) is 13.4. The van der Waals surface area contributed by atoms with Crippen molar-refractivity contribution in [1.82, 2.24) is 19.4 Å². The predicted octanol–water partition coefficient (Wildman–Crippen LogP) is 11.2. The first-order chi connectivity index (χ1) is 35.1. The van der Waals surface area contributed by atoms with Crippen molar-refractivity contribution < 1.29 is 21.6 Å². The van der Waals surface area contributed by atoms with Gasteiger partial charge in [0.25, 0.3) is 0 Å². The molecular weight excluding hydrogens is 799 g/mol. The number of ether oxygens (including phenoxy) is 1. The van der Waals surface area contributed by atoms with E-state index in [9.17, 15) is 4.11 Å². The second kappa shape index (κ2) is 13.6. The number of H-pyrrole nitrogens is 1. The Morgan fingerprint density at radius 2 is 1.27 bits per heavy atom. The molecule has 11 aromatic rings. The van der Waals surface area contributed by atoms with Crippen LogP contribution >= 0.6 is 0 Å². The number of fused-ring (bicyclic) bond motifs is 15. The highest BCUT2D eigenvalue weighted by atomic mass is 28.3. The molecule has 2 aliphatic rings. The smallest absolute Gasteiger partial charge is 0.361 e. The Balaban J connectivity index is 1.08. The van der Waals surface area contributed by atoms with Crippen molar-refractivity contribution in [2.24, 2.45) is 0 Å². The first-order valence-electron chi connectivity index (χ1n) is 25.7. The molecule has 6 nitrogen and oxygen atoms in total. The van der Waals surface area contributed by atoms with Gasteiger partial charge in [0.15, 0.2) is 0 Å². The number of aromatic nitrogens is 5. The van der Waals surface area contributed by atoms with Gasteiger partial charge in [0, 0.05) is 40.0 Å². The van der Waals surface area contributed by atoms with Crippen LogP contribution in [0, 0.1) is 0 Å². The van der Waals surface area contributed by atoms with Gasteiger partial charge in [-0.05, 0) is 73.7 Å². The van der Waals surface area contributed by atoms with E-state index >= 15 is 0 Å². The maximum atomic E-state index is 9.84. The third-order valence-electron chi connectivity index (χ3n) is 13.1. The molecule has 1 unspecified atom stereocenters. The monoisotopic (exact) mass is 849 g/mol. The molecule has 304 valence electrons. The summed E-state index contributed by atoms with van der Waals surface area (Å²) in [5.41, 5.74) is 7.67. The summed E-state index contributed by atoms with van der Waals surface area (Å²) in [5.74, 6) is 1.24. The van der Waals surface area contributed by atoms with Gasteiger partial charge in [-0.3, -0.25) is 4.98 Å². The molecule has 64 heavy (non-hydrogen) atoms. The highest BCUT2D eigenvalue weighted by molar-refractivity contribution is 7.11. The fourth-order valence-electron chi connectivity index (χ4n) is 10.1. The van der Waals surface area contributed by atoms with Gasteiger partial charge < -0.3 is 4.74 Å². The molecule has 0 saturated carbocycles. The number of nitrogens with zero attached hydrogens (tertiary/aromatic N) is 4. The van der Waals surface area contributed by atoms with Crippen molar-refractivity contribution in [2.45, 2.75) is 25.6 Å². The molecule has 0 spiro atoms. The van der Waals surface area contributed by atoms with Crippen LogP contribution in [0.15, 0.2) is 194 Å². The molecule has 4 heterocycles. The summed E-state index contributed by atoms with van der Waals surface area (Å²) >= 11 is 0. The Bertz CT molecular complexity index is 4050. The van der Waals surface area contributed by atoms with Crippen molar-refractivity contribution in [1.29, 1.82) is 0 Å². The van der Waals surface area contributed by atoms with Crippen LogP contribution in [0.4, 0.5) is 0 Å². The van der Waals surface area contributed by atoms with E-state index in [4.69, 9.17) is 22.9 Å². The molecule has 8 aromatic carbocycles. The summed E-state index contributed by atoms with van der Waals surface area (Å²) in [5, 5.41) is 1.22. The van der Waals surface area contributed by atoms with Gasteiger partial charge in [0.1, 0.15) is 47.3 Å². The quantitative estimate of drug-likeness (QED) is 0.109. The molecule has 1 aliphatic carbocycles. The molecule has 3 aromatic heterocycles. The molecule has 0 radical (unpaired) electrons. The maximum Gasteiger partial charge on any atom is 0.361 e. The largest absolute Gasteiger partial charge is 0.457 e. The Labute approximate surface area is 384 Å². The van der Waals surface area contributed by atoms with E-state index < -0.39 is 33.7 Å². The molecular formula is C57H42N5OSi+. The van der Waals surface area contributed by atoms with Crippen LogP contribution in [-0.4, -0.2) is 27.4 Å². The van der Waals surface area contributed by atoms with E-state index in [0.29, 0.717) is 22.0 Å². The van der Waals surface area contributed by atoms with Crippen LogP contribution in [0.2, 0.25) is 6.48 Å². The average molecular weight is 850 g/mol. The highest BCUT2D eigenvalue weighted by Crippen LogP contribution is 2.49. The second-order valence-electron chi connectivity index (χ2n) is 16.6. The molecule has 1 atom stereocenters. The number of para-hydroxylation sites is 6. The second-order valence-corrected chi connectivity index (χ2v) is 19.7. The molecule has 1 aliphatic heterocycles. The number of nitrogens with one attached hydrogen (secondary N) is 1. The van der Waals surface area contributed by atoms with Crippen LogP contribution in [-0.2, 0) is 5.41 Å². The molecule has 0 bridgehead atoms. The van der Waals surface area contributed by atoms with Gasteiger partial charge in [-0.2, -0.15) is 4.57 Å². The lowest BCUT2D eigenvalue weighted by molar-refractivity contribution is -0.549. The normalized spacial score (nSPS) is 16.9. The van der Waals surface area contributed by atoms with Crippen molar-refractivity contribution in [3.05, 3.63) is 205 Å². The number of hydrogen-bond acceptors (Lipinski definition) is 3. The first-order valence-corrected chi connectivity index (χ1v) is 23.2. The number of hydrogen-bond donors (Lipinski definition) is 1. The average Bonchev–Trinajstić information content (AvgIpc) is 3.92. The minimum atomic E-state index is -4.50.